The minimum Gasteiger partial charge on any atom is -0.380 e. The minimum absolute atomic E-state index is 0.285. The second-order valence-corrected chi connectivity index (χ2v) is 4.82. The number of nitrogens with zero attached hydrogens (tertiary/aromatic N) is 2. The van der Waals surface area contributed by atoms with Gasteiger partial charge in [0.1, 0.15) is 10.0 Å². The zero-order valence-corrected chi connectivity index (χ0v) is 9.30. The molecule has 1 aromatic rings. The monoisotopic (exact) mass is 213 g/mol. The van der Waals surface area contributed by atoms with E-state index in [1.807, 2.05) is 6.92 Å². The molecule has 1 aliphatic heterocycles. The molecule has 0 bridgehead atoms. The molecule has 1 N–H and O–H groups in total. The standard InChI is InChI=1S/C9H15N3OS/c1-6(9-12-11-7(2)14-9)10-8-3-4-13-5-8/h6,8,10H,3-5H2,1-2H3. The Hall–Kier alpha value is -0.520. The molecule has 1 aliphatic rings. The normalized spacial score (nSPS) is 24.0. The van der Waals surface area contributed by atoms with E-state index >= 15 is 0 Å². The summed E-state index contributed by atoms with van der Waals surface area (Å²) in [7, 11) is 0. The average Bonchev–Trinajstić information content (AvgIpc) is 2.75. The van der Waals surface area contributed by atoms with Crippen molar-refractivity contribution in [1.82, 2.24) is 15.5 Å². The maximum absolute atomic E-state index is 5.30. The van der Waals surface area contributed by atoms with E-state index in [9.17, 15) is 0 Å². The molecule has 0 aliphatic carbocycles. The van der Waals surface area contributed by atoms with E-state index in [-0.39, 0.29) is 6.04 Å². The van der Waals surface area contributed by atoms with Gasteiger partial charge in [0.15, 0.2) is 0 Å². The van der Waals surface area contributed by atoms with Gasteiger partial charge in [-0.1, -0.05) is 0 Å². The lowest BCUT2D eigenvalue weighted by atomic mass is 10.2. The lowest BCUT2D eigenvalue weighted by molar-refractivity contribution is 0.188. The molecule has 1 fully saturated rings. The fourth-order valence-electron chi connectivity index (χ4n) is 1.58. The molecule has 0 aromatic carbocycles. The van der Waals surface area contributed by atoms with Crippen LogP contribution in [0.3, 0.4) is 0 Å². The molecule has 0 saturated carbocycles. The third kappa shape index (κ3) is 2.29. The van der Waals surface area contributed by atoms with Crippen molar-refractivity contribution in [1.29, 1.82) is 0 Å². The van der Waals surface area contributed by atoms with E-state index < -0.39 is 0 Å². The Morgan fingerprint density at radius 1 is 1.57 bits per heavy atom. The summed E-state index contributed by atoms with van der Waals surface area (Å²) in [5.74, 6) is 0. The Bertz CT molecular complexity index is 296. The Labute approximate surface area is 87.7 Å². The maximum Gasteiger partial charge on any atom is 0.134 e. The Morgan fingerprint density at radius 3 is 3.00 bits per heavy atom. The maximum atomic E-state index is 5.30. The highest BCUT2D eigenvalue weighted by atomic mass is 32.1. The third-order valence-corrected chi connectivity index (χ3v) is 3.35. The Kier molecular flexibility index (Phi) is 3.10. The highest BCUT2D eigenvalue weighted by Crippen LogP contribution is 2.18. The van der Waals surface area contributed by atoms with Crippen LogP contribution in [0.1, 0.15) is 29.4 Å². The molecule has 1 aromatic heterocycles. The number of nitrogens with one attached hydrogen (secondary N) is 1. The van der Waals surface area contributed by atoms with Crippen LogP contribution in [-0.4, -0.2) is 29.5 Å². The molecule has 0 radical (unpaired) electrons. The largest absolute Gasteiger partial charge is 0.380 e. The van der Waals surface area contributed by atoms with E-state index in [1.54, 1.807) is 11.3 Å². The molecule has 4 nitrogen and oxygen atoms in total. The Morgan fingerprint density at radius 2 is 2.43 bits per heavy atom. The molecule has 0 amide bonds. The van der Waals surface area contributed by atoms with Gasteiger partial charge in [-0.25, -0.2) is 0 Å². The summed E-state index contributed by atoms with van der Waals surface area (Å²) in [5.41, 5.74) is 0. The van der Waals surface area contributed by atoms with E-state index in [2.05, 4.69) is 22.4 Å². The van der Waals surface area contributed by atoms with Crippen LogP contribution >= 0.6 is 11.3 Å². The molecule has 2 rings (SSSR count). The van der Waals surface area contributed by atoms with Gasteiger partial charge in [0.05, 0.1) is 12.6 Å². The van der Waals surface area contributed by atoms with Crippen molar-refractivity contribution in [2.24, 2.45) is 0 Å². The van der Waals surface area contributed by atoms with Crippen LogP contribution in [0.15, 0.2) is 0 Å². The summed E-state index contributed by atoms with van der Waals surface area (Å²) in [5, 5.41) is 13.7. The highest BCUT2D eigenvalue weighted by Gasteiger charge is 2.19. The van der Waals surface area contributed by atoms with Gasteiger partial charge in [-0.05, 0) is 20.3 Å². The fraction of sp³-hybridized carbons (Fsp3) is 0.778. The Balaban J connectivity index is 1.91. The predicted molar refractivity (Wildman–Crippen MR) is 55.4 cm³/mol. The number of rotatable bonds is 3. The second kappa shape index (κ2) is 4.33. The number of ether oxygens (including phenoxy) is 1. The van der Waals surface area contributed by atoms with Gasteiger partial charge in [-0.15, -0.1) is 21.5 Å². The van der Waals surface area contributed by atoms with Crippen molar-refractivity contribution >= 4 is 11.3 Å². The van der Waals surface area contributed by atoms with Gasteiger partial charge in [-0.2, -0.15) is 0 Å². The average molecular weight is 213 g/mol. The molecule has 78 valence electrons. The van der Waals surface area contributed by atoms with Crippen LogP contribution in [0, 0.1) is 6.92 Å². The molecule has 14 heavy (non-hydrogen) atoms. The van der Waals surface area contributed by atoms with Crippen molar-refractivity contribution in [3.8, 4) is 0 Å². The lowest BCUT2D eigenvalue weighted by Crippen LogP contribution is -2.31. The van der Waals surface area contributed by atoms with Crippen LogP contribution in [0.2, 0.25) is 0 Å². The molecule has 1 saturated heterocycles. The molecule has 2 atom stereocenters. The first kappa shape index (κ1) is 10.0. The van der Waals surface area contributed by atoms with Gasteiger partial charge in [0.2, 0.25) is 0 Å². The summed E-state index contributed by atoms with van der Waals surface area (Å²) in [6.45, 7) is 5.80. The van der Waals surface area contributed by atoms with Crippen LogP contribution in [0.4, 0.5) is 0 Å². The first-order valence-corrected chi connectivity index (χ1v) is 5.71. The van der Waals surface area contributed by atoms with Gasteiger partial charge in [0.25, 0.3) is 0 Å². The van der Waals surface area contributed by atoms with Crippen molar-refractivity contribution in [2.45, 2.75) is 32.4 Å². The number of aryl methyl sites for hydroxylation is 1. The minimum atomic E-state index is 0.285. The van der Waals surface area contributed by atoms with E-state index in [4.69, 9.17) is 4.74 Å². The summed E-state index contributed by atoms with van der Waals surface area (Å²) in [6, 6.07) is 0.766. The SMILES string of the molecule is Cc1nnc(C(C)NC2CCOC2)s1. The van der Waals surface area contributed by atoms with E-state index in [0.29, 0.717) is 6.04 Å². The van der Waals surface area contributed by atoms with Crippen LogP contribution < -0.4 is 5.32 Å². The van der Waals surface area contributed by atoms with Gasteiger partial charge in [-0.3, -0.25) is 0 Å². The zero-order valence-electron chi connectivity index (χ0n) is 8.49. The molecule has 2 unspecified atom stereocenters. The van der Waals surface area contributed by atoms with Crippen molar-refractivity contribution in [3.05, 3.63) is 10.0 Å². The van der Waals surface area contributed by atoms with Gasteiger partial charge >= 0.3 is 0 Å². The van der Waals surface area contributed by atoms with Crippen LogP contribution in [-0.2, 0) is 4.74 Å². The summed E-state index contributed by atoms with van der Waals surface area (Å²) in [6.07, 6.45) is 1.10. The fourth-order valence-corrected chi connectivity index (χ4v) is 2.29. The lowest BCUT2D eigenvalue weighted by Gasteiger charge is -2.15. The first-order valence-electron chi connectivity index (χ1n) is 4.89. The molecular formula is C9H15N3OS. The summed E-state index contributed by atoms with van der Waals surface area (Å²) in [4.78, 5) is 0. The first-order chi connectivity index (χ1) is 6.75. The molecular weight excluding hydrogens is 198 g/mol. The number of aromatic nitrogens is 2. The summed E-state index contributed by atoms with van der Waals surface area (Å²) < 4.78 is 5.30. The highest BCUT2D eigenvalue weighted by molar-refractivity contribution is 7.11. The molecule has 5 heteroatoms. The quantitative estimate of drug-likeness (QED) is 0.821. The van der Waals surface area contributed by atoms with E-state index in [1.165, 1.54) is 0 Å². The van der Waals surface area contributed by atoms with Crippen LogP contribution in [0.25, 0.3) is 0 Å². The smallest absolute Gasteiger partial charge is 0.134 e. The zero-order chi connectivity index (χ0) is 9.97. The van der Waals surface area contributed by atoms with Crippen LogP contribution in [0.5, 0.6) is 0 Å². The predicted octanol–water partition coefficient (Wildman–Crippen LogP) is 1.29. The van der Waals surface area contributed by atoms with Crippen molar-refractivity contribution < 1.29 is 4.74 Å². The number of hydrogen-bond acceptors (Lipinski definition) is 5. The number of hydrogen-bond donors (Lipinski definition) is 1. The van der Waals surface area contributed by atoms with Gasteiger partial charge < -0.3 is 10.1 Å². The molecule has 0 spiro atoms. The summed E-state index contributed by atoms with van der Waals surface area (Å²) >= 11 is 1.65. The van der Waals surface area contributed by atoms with Crippen molar-refractivity contribution in [3.63, 3.8) is 0 Å². The second-order valence-electron chi connectivity index (χ2n) is 3.61. The van der Waals surface area contributed by atoms with Gasteiger partial charge in [0, 0.05) is 12.6 Å². The van der Waals surface area contributed by atoms with E-state index in [0.717, 1.165) is 29.6 Å². The third-order valence-electron chi connectivity index (χ3n) is 2.33. The van der Waals surface area contributed by atoms with Crippen molar-refractivity contribution in [2.75, 3.05) is 13.2 Å². The topological polar surface area (TPSA) is 47.0 Å². The molecule has 2 heterocycles.